The lowest BCUT2D eigenvalue weighted by Gasteiger charge is -2.00. The molecule has 0 aliphatic carbocycles. The van der Waals surface area contributed by atoms with E-state index >= 15 is 0 Å². The highest BCUT2D eigenvalue weighted by atomic mass is 32.1. The maximum Gasteiger partial charge on any atom is 0.154 e. The Morgan fingerprint density at radius 2 is 2.18 bits per heavy atom. The van der Waals surface area contributed by atoms with Gasteiger partial charge in [0, 0.05) is 23.9 Å². The SMILES string of the molecule is Nc1cc(O)cc(OC=S)c1. The van der Waals surface area contributed by atoms with Crippen molar-refractivity contribution in [2.24, 2.45) is 0 Å². The minimum absolute atomic E-state index is 0.0665. The molecule has 0 amide bonds. The second kappa shape index (κ2) is 3.21. The molecule has 0 aromatic heterocycles. The number of benzene rings is 1. The van der Waals surface area contributed by atoms with Crippen LogP contribution in [-0.4, -0.2) is 10.7 Å². The summed E-state index contributed by atoms with van der Waals surface area (Å²) in [4.78, 5) is 0. The summed E-state index contributed by atoms with van der Waals surface area (Å²) in [6.45, 7) is 0. The van der Waals surface area contributed by atoms with Gasteiger partial charge in [-0.15, -0.1) is 0 Å². The minimum Gasteiger partial charge on any atom is -0.508 e. The van der Waals surface area contributed by atoms with Crippen LogP contribution >= 0.6 is 12.2 Å². The summed E-state index contributed by atoms with van der Waals surface area (Å²) < 4.78 is 4.82. The highest BCUT2D eigenvalue weighted by Crippen LogP contribution is 2.22. The average molecular weight is 169 g/mol. The molecular formula is C7H7NO2S. The Bertz CT molecular complexity index is 255. The number of nitrogens with two attached hydrogens (primary N) is 1. The molecule has 4 heteroatoms. The Kier molecular flexibility index (Phi) is 2.28. The van der Waals surface area contributed by atoms with Crippen LogP contribution in [0.2, 0.25) is 0 Å². The zero-order chi connectivity index (χ0) is 8.27. The van der Waals surface area contributed by atoms with Crippen LogP contribution < -0.4 is 10.5 Å². The Morgan fingerprint density at radius 1 is 1.45 bits per heavy atom. The quantitative estimate of drug-likeness (QED) is 0.517. The van der Waals surface area contributed by atoms with E-state index in [0.717, 1.165) is 5.55 Å². The first-order valence-electron chi connectivity index (χ1n) is 2.92. The van der Waals surface area contributed by atoms with E-state index in [1.54, 1.807) is 6.07 Å². The van der Waals surface area contributed by atoms with E-state index < -0.39 is 0 Å². The lowest BCUT2D eigenvalue weighted by molar-refractivity contribution is 0.471. The fraction of sp³-hybridized carbons (Fsp3) is 0. The normalized spacial score (nSPS) is 9.09. The smallest absolute Gasteiger partial charge is 0.154 e. The van der Waals surface area contributed by atoms with Crippen molar-refractivity contribution in [1.29, 1.82) is 0 Å². The molecule has 1 aromatic carbocycles. The largest absolute Gasteiger partial charge is 0.508 e. The number of aromatic hydroxyl groups is 1. The second-order valence-electron chi connectivity index (χ2n) is 1.97. The van der Waals surface area contributed by atoms with Crippen molar-refractivity contribution in [2.45, 2.75) is 0 Å². The van der Waals surface area contributed by atoms with Crippen LogP contribution in [0, 0.1) is 0 Å². The molecule has 0 aliphatic rings. The number of ether oxygens (including phenoxy) is 1. The molecular weight excluding hydrogens is 162 g/mol. The number of anilines is 1. The van der Waals surface area contributed by atoms with Gasteiger partial charge in [-0.2, -0.15) is 0 Å². The van der Waals surface area contributed by atoms with Crippen LogP contribution in [-0.2, 0) is 0 Å². The zero-order valence-corrected chi connectivity index (χ0v) is 6.47. The Labute approximate surface area is 69.4 Å². The average Bonchev–Trinajstić information content (AvgIpc) is 1.85. The third-order valence-corrected chi connectivity index (χ3v) is 1.19. The molecule has 0 atom stereocenters. The van der Waals surface area contributed by atoms with E-state index in [-0.39, 0.29) is 5.75 Å². The molecule has 11 heavy (non-hydrogen) atoms. The molecule has 58 valence electrons. The van der Waals surface area contributed by atoms with Gasteiger partial charge in [-0.3, -0.25) is 0 Å². The minimum atomic E-state index is 0.0665. The van der Waals surface area contributed by atoms with Gasteiger partial charge in [-0.05, 0) is 12.2 Å². The highest BCUT2D eigenvalue weighted by Gasteiger charge is 1.96. The molecule has 0 aliphatic heterocycles. The van der Waals surface area contributed by atoms with Gasteiger partial charge < -0.3 is 15.6 Å². The fourth-order valence-corrected chi connectivity index (χ4v) is 0.840. The van der Waals surface area contributed by atoms with Gasteiger partial charge in [-0.1, -0.05) is 0 Å². The van der Waals surface area contributed by atoms with Crippen LogP contribution in [0.1, 0.15) is 0 Å². The van der Waals surface area contributed by atoms with Gasteiger partial charge >= 0.3 is 0 Å². The van der Waals surface area contributed by atoms with Crippen molar-refractivity contribution in [3.05, 3.63) is 18.2 Å². The Hall–Kier alpha value is -1.29. The van der Waals surface area contributed by atoms with Crippen molar-refractivity contribution < 1.29 is 9.84 Å². The third kappa shape index (κ3) is 2.09. The van der Waals surface area contributed by atoms with Crippen molar-refractivity contribution in [1.82, 2.24) is 0 Å². The lowest BCUT2D eigenvalue weighted by atomic mass is 10.3. The van der Waals surface area contributed by atoms with Gasteiger partial charge in [0.1, 0.15) is 11.5 Å². The molecule has 0 radical (unpaired) electrons. The van der Waals surface area contributed by atoms with Crippen molar-refractivity contribution in [3.8, 4) is 11.5 Å². The standard InChI is InChI=1S/C7H7NO2S/c8-5-1-6(9)3-7(2-5)10-4-11/h1-4,9H,8H2. The molecule has 0 bridgehead atoms. The van der Waals surface area contributed by atoms with E-state index in [2.05, 4.69) is 12.2 Å². The summed E-state index contributed by atoms with van der Waals surface area (Å²) in [5.74, 6) is 0.509. The molecule has 0 fully saturated rings. The number of phenolic OH excluding ortho intramolecular Hbond substituents is 1. The summed E-state index contributed by atoms with van der Waals surface area (Å²) in [6.07, 6.45) is 0. The van der Waals surface area contributed by atoms with Crippen LogP contribution in [0.25, 0.3) is 0 Å². The molecule has 0 heterocycles. The molecule has 0 unspecified atom stereocenters. The topological polar surface area (TPSA) is 55.5 Å². The highest BCUT2D eigenvalue weighted by molar-refractivity contribution is 7.78. The molecule has 0 saturated carbocycles. The Balaban J connectivity index is 2.98. The first kappa shape index (κ1) is 7.81. The van der Waals surface area contributed by atoms with Crippen LogP contribution in [0.15, 0.2) is 18.2 Å². The predicted octanol–water partition coefficient (Wildman–Crippen LogP) is 1.31. The summed E-state index contributed by atoms with van der Waals surface area (Å²) in [5.41, 5.74) is 6.95. The lowest BCUT2D eigenvalue weighted by Crippen LogP contribution is -1.89. The molecule has 1 aromatic rings. The molecule has 3 N–H and O–H groups in total. The number of thiocarbonyl (C=S) groups is 1. The molecule has 0 saturated heterocycles. The monoisotopic (exact) mass is 169 g/mol. The van der Waals surface area contributed by atoms with Crippen molar-refractivity contribution in [3.63, 3.8) is 0 Å². The van der Waals surface area contributed by atoms with E-state index in [1.807, 2.05) is 0 Å². The summed E-state index contributed by atoms with van der Waals surface area (Å²) in [5, 5.41) is 9.01. The number of hydrogen-bond acceptors (Lipinski definition) is 4. The summed E-state index contributed by atoms with van der Waals surface area (Å²) in [6, 6.07) is 4.43. The number of phenols is 1. The van der Waals surface area contributed by atoms with Gasteiger partial charge in [0.05, 0.1) is 0 Å². The summed E-state index contributed by atoms with van der Waals surface area (Å²) >= 11 is 4.45. The fourth-order valence-electron chi connectivity index (χ4n) is 0.729. The number of nitrogen functional groups attached to an aromatic ring is 1. The van der Waals surface area contributed by atoms with E-state index in [0.29, 0.717) is 11.4 Å². The van der Waals surface area contributed by atoms with E-state index in [1.165, 1.54) is 12.1 Å². The number of hydrogen-bond donors (Lipinski definition) is 2. The first-order chi connectivity index (χ1) is 5.22. The third-order valence-electron chi connectivity index (χ3n) is 1.10. The maximum atomic E-state index is 9.01. The van der Waals surface area contributed by atoms with Crippen molar-refractivity contribution in [2.75, 3.05) is 5.73 Å². The van der Waals surface area contributed by atoms with Gasteiger partial charge in [0.25, 0.3) is 0 Å². The van der Waals surface area contributed by atoms with E-state index in [9.17, 15) is 0 Å². The molecule has 0 spiro atoms. The summed E-state index contributed by atoms with van der Waals surface area (Å²) in [7, 11) is 0. The van der Waals surface area contributed by atoms with Crippen LogP contribution in [0.5, 0.6) is 11.5 Å². The maximum absolute atomic E-state index is 9.01. The van der Waals surface area contributed by atoms with Crippen LogP contribution in [0.4, 0.5) is 5.69 Å². The van der Waals surface area contributed by atoms with Gasteiger partial charge in [0.15, 0.2) is 5.55 Å². The second-order valence-corrected chi connectivity index (χ2v) is 2.17. The molecule has 3 nitrogen and oxygen atoms in total. The number of rotatable bonds is 2. The Morgan fingerprint density at radius 3 is 2.73 bits per heavy atom. The zero-order valence-electron chi connectivity index (χ0n) is 5.65. The predicted molar refractivity (Wildman–Crippen MR) is 46.8 cm³/mol. The van der Waals surface area contributed by atoms with Crippen LogP contribution in [0.3, 0.4) is 0 Å². The van der Waals surface area contributed by atoms with Gasteiger partial charge in [-0.25, -0.2) is 0 Å². The van der Waals surface area contributed by atoms with Gasteiger partial charge in [0.2, 0.25) is 0 Å². The van der Waals surface area contributed by atoms with E-state index in [4.69, 9.17) is 15.6 Å². The van der Waals surface area contributed by atoms with Crippen molar-refractivity contribution >= 4 is 23.5 Å². The molecule has 1 rings (SSSR count). The first-order valence-corrected chi connectivity index (χ1v) is 3.39.